The molecule has 0 bridgehead atoms. The first-order chi connectivity index (χ1) is 7.81. The highest BCUT2D eigenvalue weighted by molar-refractivity contribution is 9.10. The zero-order valence-corrected chi connectivity index (χ0v) is 11.1. The maximum atomic E-state index is 5.73. The normalized spacial score (nSPS) is 18.9. The number of benzene rings is 1. The fourth-order valence-electron chi connectivity index (χ4n) is 2.49. The molecule has 0 radical (unpaired) electrons. The Bertz CT molecular complexity index is 334. The third-order valence-corrected chi connectivity index (χ3v) is 3.75. The van der Waals surface area contributed by atoms with Crippen LogP contribution in [0.2, 0.25) is 0 Å². The molecular weight excluding hydrogens is 264 g/mol. The van der Waals surface area contributed by atoms with Gasteiger partial charge in [0.2, 0.25) is 0 Å². The maximum Gasteiger partial charge on any atom is 0.0360 e. The minimum absolute atomic E-state index is 0.505. The maximum absolute atomic E-state index is 5.73. The Hall–Kier alpha value is -0.380. The van der Waals surface area contributed by atoms with Crippen molar-refractivity contribution < 1.29 is 0 Å². The fourth-order valence-corrected chi connectivity index (χ4v) is 2.90. The second-order valence-corrected chi connectivity index (χ2v) is 5.31. The van der Waals surface area contributed by atoms with Crippen LogP contribution < -0.4 is 5.73 Å². The van der Waals surface area contributed by atoms with Crippen LogP contribution in [0.3, 0.4) is 0 Å². The predicted octanol–water partition coefficient (Wildman–Crippen LogP) is 2.93. The van der Waals surface area contributed by atoms with Crippen LogP contribution in [0, 0.1) is 0 Å². The van der Waals surface area contributed by atoms with Crippen molar-refractivity contribution in [3.05, 3.63) is 34.3 Å². The molecule has 0 amide bonds. The lowest BCUT2D eigenvalue weighted by Gasteiger charge is -2.27. The fraction of sp³-hybridized carbons (Fsp3) is 0.538. The quantitative estimate of drug-likeness (QED) is 0.920. The molecule has 1 aliphatic rings. The number of likely N-dealkylation sites (tertiary alicyclic amines) is 1. The minimum atomic E-state index is 0.505. The average Bonchev–Trinajstić information content (AvgIpc) is 2.79. The zero-order valence-electron chi connectivity index (χ0n) is 9.53. The van der Waals surface area contributed by atoms with Gasteiger partial charge in [-0.15, -0.1) is 0 Å². The van der Waals surface area contributed by atoms with E-state index in [2.05, 4.69) is 45.1 Å². The van der Waals surface area contributed by atoms with Crippen molar-refractivity contribution in [2.45, 2.75) is 25.3 Å². The Kier molecular flexibility index (Phi) is 4.38. The first-order valence-corrected chi connectivity index (χ1v) is 6.80. The van der Waals surface area contributed by atoms with Gasteiger partial charge in [0.15, 0.2) is 0 Å². The van der Waals surface area contributed by atoms with Crippen molar-refractivity contribution in [2.75, 3.05) is 19.6 Å². The molecular formula is C13H19BrN2. The Morgan fingerprint density at radius 3 is 2.69 bits per heavy atom. The van der Waals surface area contributed by atoms with E-state index in [0.717, 1.165) is 17.4 Å². The third kappa shape index (κ3) is 2.84. The van der Waals surface area contributed by atoms with E-state index in [-0.39, 0.29) is 0 Å². The Balaban J connectivity index is 2.17. The largest absolute Gasteiger partial charge is 0.330 e. The number of rotatable bonds is 4. The summed E-state index contributed by atoms with van der Waals surface area (Å²) in [5.74, 6) is 0. The topological polar surface area (TPSA) is 29.3 Å². The summed E-state index contributed by atoms with van der Waals surface area (Å²) in [6.45, 7) is 3.20. The summed E-state index contributed by atoms with van der Waals surface area (Å²) < 4.78 is 1.16. The van der Waals surface area contributed by atoms with E-state index in [1.54, 1.807) is 0 Å². The lowest BCUT2D eigenvalue weighted by molar-refractivity contribution is 0.236. The van der Waals surface area contributed by atoms with E-state index in [1.807, 2.05) is 0 Å². The molecule has 0 saturated carbocycles. The van der Waals surface area contributed by atoms with Crippen molar-refractivity contribution in [1.82, 2.24) is 4.90 Å². The molecule has 16 heavy (non-hydrogen) atoms. The van der Waals surface area contributed by atoms with Crippen LogP contribution in [0.4, 0.5) is 0 Å². The van der Waals surface area contributed by atoms with Crippen molar-refractivity contribution in [2.24, 2.45) is 5.73 Å². The molecule has 3 heteroatoms. The molecule has 88 valence electrons. The van der Waals surface area contributed by atoms with E-state index in [4.69, 9.17) is 5.73 Å². The smallest absolute Gasteiger partial charge is 0.0360 e. The summed E-state index contributed by atoms with van der Waals surface area (Å²) in [5, 5.41) is 0. The summed E-state index contributed by atoms with van der Waals surface area (Å²) in [6.07, 6.45) is 3.71. The van der Waals surface area contributed by atoms with Gasteiger partial charge in [-0.25, -0.2) is 0 Å². The lowest BCUT2D eigenvalue weighted by Crippen LogP contribution is -2.27. The Labute approximate surface area is 106 Å². The molecule has 2 N–H and O–H groups in total. The van der Waals surface area contributed by atoms with Crippen molar-refractivity contribution >= 4 is 15.9 Å². The second-order valence-electron chi connectivity index (χ2n) is 4.39. The number of nitrogens with zero attached hydrogens (tertiary/aromatic N) is 1. The molecule has 1 unspecified atom stereocenters. The predicted molar refractivity (Wildman–Crippen MR) is 71.4 cm³/mol. The molecule has 1 aromatic rings. The number of hydrogen-bond donors (Lipinski definition) is 1. The highest BCUT2D eigenvalue weighted by atomic mass is 79.9. The van der Waals surface area contributed by atoms with Gasteiger partial charge in [-0.1, -0.05) is 28.1 Å². The van der Waals surface area contributed by atoms with Crippen LogP contribution in [0.15, 0.2) is 28.7 Å². The van der Waals surface area contributed by atoms with Gasteiger partial charge in [-0.05, 0) is 56.6 Å². The molecule has 1 aliphatic heterocycles. The minimum Gasteiger partial charge on any atom is -0.330 e. The summed E-state index contributed by atoms with van der Waals surface area (Å²) >= 11 is 3.54. The lowest BCUT2D eigenvalue weighted by atomic mass is 10.0. The molecule has 1 fully saturated rings. The van der Waals surface area contributed by atoms with Gasteiger partial charge in [0.25, 0.3) is 0 Å². The van der Waals surface area contributed by atoms with E-state index >= 15 is 0 Å². The number of hydrogen-bond acceptors (Lipinski definition) is 2. The summed E-state index contributed by atoms with van der Waals surface area (Å²) in [6, 6.07) is 9.12. The highest BCUT2D eigenvalue weighted by Crippen LogP contribution is 2.29. The first kappa shape index (κ1) is 12.1. The van der Waals surface area contributed by atoms with Gasteiger partial charge in [-0.2, -0.15) is 0 Å². The molecule has 1 heterocycles. The Morgan fingerprint density at radius 2 is 2.06 bits per heavy atom. The molecule has 2 rings (SSSR count). The van der Waals surface area contributed by atoms with Gasteiger partial charge in [0, 0.05) is 10.5 Å². The van der Waals surface area contributed by atoms with Crippen LogP contribution >= 0.6 is 15.9 Å². The monoisotopic (exact) mass is 282 g/mol. The number of nitrogens with two attached hydrogens (primary N) is 1. The first-order valence-electron chi connectivity index (χ1n) is 6.01. The Morgan fingerprint density at radius 1 is 1.31 bits per heavy atom. The van der Waals surface area contributed by atoms with E-state index in [1.165, 1.54) is 31.5 Å². The van der Waals surface area contributed by atoms with Crippen LogP contribution in [-0.4, -0.2) is 24.5 Å². The van der Waals surface area contributed by atoms with Crippen molar-refractivity contribution in [3.63, 3.8) is 0 Å². The van der Waals surface area contributed by atoms with E-state index in [0.29, 0.717) is 6.04 Å². The van der Waals surface area contributed by atoms with E-state index in [9.17, 15) is 0 Å². The second kappa shape index (κ2) is 5.80. The zero-order chi connectivity index (χ0) is 11.4. The SMILES string of the molecule is NCCC(c1cccc(Br)c1)N1CCCC1. The number of halogens is 1. The summed E-state index contributed by atoms with van der Waals surface area (Å²) in [4.78, 5) is 2.56. The molecule has 0 aliphatic carbocycles. The molecule has 2 nitrogen and oxygen atoms in total. The third-order valence-electron chi connectivity index (χ3n) is 3.25. The standard InChI is InChI=1S/C13H19BrN2/c14-12-5-3-4-11(10-12)13(6-7-15)16-8-1-2-9-16/h3-5,10,13H,1-2,6-9,15H2. The van der Waals surface area contributed by atoms with Crippen LogP contribution in [-0.2, 0) is 0 Å². The van der Waals surface area contributed by atoms with Gasteiger partial charge in [0.1, 0.15) is 0 Å². The summed E-state index contributed by atoms with van der Waals surface area (Å²) in [5.41, 5.74) is 7.12. The van der Waals surface area contributed by atoms with Crippen LogP contribution in [0.1, 0.15) is 30.9 Å². The highest BCUT2D eigenvalue weighted by Gasteiger charge is 2.22. The van der Waals surface area contributed by atoms with Gasteiger partial charge in [0.05, 0.1) is 0 Å². The van der Waals surface area contributed by atoms with Crippen molar-refractivity contribution in [1.29, 1.82) is 0 Å². The molecule has 1 aromatic carbocycles. The summed E-state index contributed by atoms with van der Waals surface area (Å²) in [7, 11) is 0. The van der Waals surface area contributed by atoms with Crippen molar-refractivity contribution in [3.8, 4) is 0 Å². The molecule has 0 spiro atoms. The average molecular weight is 283 g/mol. The van der Waals surface area contributed by atoms with Crippen LogP contribution in [0.5, 0.6) is 0 Å². The van der Waals surface area contributed by atoms with Gasteiger partial charge >= 0.3 is 0 Å². The van der Waals surface area contributed by atoms with E-state index < -0.39 is 0 Å². The molecule has 1 atom stereocenters. The van der Waals surface area contributed by atoms with Crippen LogP contribution in [0.25, 0.3) is 0 Å². The van der Waals surface area contributed by atoms with Gasteiger partial charge in [-0.3, -0.25) is 4.90 Å². The van der Waals surface area contributed by atoms with Gasteiger partial charge < -0.3 is 5.73 Å². The molecule has 0 aromatic heterocycles. The molecule has 1 saturated heterocycles.